The molecule has 0 radical (unpaired) electrons. The Kier molecular flexibility index (Phi) is 5.14. The van der Waals surface area contributed by atoms with E-state index < -0.39 is 0 Å². The summed E-state index contributed by atoms with van der Waals surface area (Å²) >= 11 is 0. The van der Waals surface area contributed by atoms with Gasteiger partial charge in [-0.05, 0) is 51.8 Å². The Labute approximate surface area is 166 Å². The largest absolute Gasteiger partial charge is 0.492 e. The van der Waals surface area contributed by atoms with Gasteiger partial charge in [0, 0.05) is 37.1 Å². The number of likely N-dealkylation sites (N-methyl/N-ethyl adjacent to an activating group) is 1. The molecular formula is C21H30N2O5. The van der Waals surface area contributed by atoms with Crippen molar-refractivity contribution in [2.45, 2.75) is 51.2 Å². The van der Waals surface area contributed by atoms with Gasteiger partial charge in [-0.3, -0.25) is 4.90 Å². The predicted octanol–water partition coefficient (Wildman–Crippen LogP) is 3.38. The number of hydrogen-bond acceptors (Lipinski definition) is 7. The molecule has 0 unspecified atom stereocenters. The number of ether oxygens (including phenoxy) is 4. The molecule has 0 aliphatic carbocycles. The van der Waals surface area contributed by atoms with Gasteiger partial charge in [0.15, 0.2) is 11.5 Å². The van der Waals surface area contributed by atoms with Crippen LogP contribution in [0.5, 0.6) is 17.2 Å². The van der Waals surface area contributed by atoms with Crippen LogP contribution in [0.25, 0.3) is 0 Å². The molecule has 1 aromatic rings. The van der Waals surface area contributed by atoms with Gasteiger partial charge in [-0.25, -0.2) is 0 Å². The van der Waals surface area contributed by atoms with Crippen LogP contribution in [0.4, 0.5) is 0 Å². The standard InChI is InChI=1S/C21H30N2O5/c1-21(2)11-14(6-8-28-21)15(22-24)10-16-18-13(5-7-23(16)3)9-17-19(20(18)25-4)27-12-26-17/h9,14,16,24H,5-8,10-12H2,1-4H3/b22-15+/t14-,16-/m0/s1. The van der Waals surface area contributed by atoms with Crippen LogP contribution in [0.15, 0.2) is 11.2 Å². The maximum atomic E-state index is 9.85. The summed E-state index contributed by atoms with van der Waals surface area (Å²) in [5, 5.41) is 13.6. The number of methoxy groups -OCH3 is 1. The summed E-state index contributed by atoms with van der Waals surface area (Å²) in [5.41, 5.74) is 2.97. The highest BCUT2D eigenvalue weighted by atomic mass is 16.7. The van der Waals surface area contributed by atoms with E-state index in [0.717, 1.165) is 48.6 Å². The minimum Gasteiger partial charge on any atom is -0.492 e. The first-order chi connectivity index (χ1) is 13.4. The highest BCUT2D eigenvalue weighted by Crippen LogP contribution is 2.50. The Hall–Kier alpha value is -1.99. The molecular weight excluding hydrogens is 360 g/mol. The second kappa shape index (κ2) is 7.44. The van der Waals surface area contributed by atoms with Crippen molar-refractivity contribution < 1.29 is 24.2 Å². The Balaban J connectivity index is 1.67. The number of fused-ring (bicyclic) bond motifs is 2. The van der Waals surface area contributed by atoms with Crippen LogP contribution in [0, 0.1) is 5.92 Å². The van der Waals surface area contributed by atoms with E-state index in [9.17, 15) is 5.21 Å². The lowest BCUT2D eigenvalue weighted by molar-refractivity contribution is -0.0622. The molecule has 7 heteroatoms. The van der Waals surface area contributed by atoms with Crippen LogP contribution in [-0.4, -0.2) is 55.5 Å². The van der Waals surface area contributed by atoms with E-state index in [1.54, 1.807) is 7.11 Å². The third-order valence-electron chi connectivity index (χ3n) is 6.25. The molecule has 1 aromatic carbocycles. The summed E-state index contributed by atoms with van der Waals surface area (Å²) in [6.07, 6.45) is 3.31. The fraction of sp³-hybridized carbons (Fsp3) is 0.667. The van der Waals surface area contributed by atoms with E-state index >= 15 is 0 Å². The van der Waals surface area contributed by atoms with Crippen LogP contribution in [-0.2, 0) is 11.2 Å². The van der Waals surface area contributed by atoms with Crippen LogP contribution in [0.2, 0.25) is 0 Å². The van der Waals surface area contributed by atoms with Gasteiger partial charge in [-0.2, -0.15) is 0 Å². The molecule has 0 amide bonds. The first-order valence-corrected chi connectivity index (χ1v) is 9.98. The van der Waals surface area contributed by atoms with Crippen molar-refractivity contribution in [1.29, 1.82) is 0 Å². The number of rotatable bonds is 4. The lowest BCUT2D eigenvalue weighted by Crippen LogP contribution is -2.39. The second-order valence-corrected chi connectivity index (χ2v) is 8.56. The molecule has 28 heavy (non-hydrogen) atoms. The zero-order valence-corrected chi connectivity index (χ0v) is 17.2. The predicted molar refractivity (Wildman–Crippen MR) is 105 cm³/mol. The van der Waals surface area contributed by atoms with Crippen molar-refractivity contribution in [3.05, 3.63) is 17.2 Å². The normalized spacial score (nSPS) is 26.8. The SMILES string of the molecule is COc1c2c(cc3c1[C@H](C/C(=N\O)[C@H]1CCOC(C)(C)C1)N(C)CC3)OCO2. The molecule has 0 saturated carbocycles. The van der Waals surface area contributed by atoms with Gasteiger partial charge < -0.3 is 24.2 Å². The molecule has 0 aromatic heterocycles. The zero-order valence-electron chi connectivity index (χ0n) is 17.2. The van der Waals surface area contributed by atoms with Gasteiger partial charge in [-0.1, -0.05) is 5.16 Å². The molecule has 1 saturated heterocycles. The van der Waals surface area contributed by atoms with Gasteiger partial charge in [-0.15, -0.1) is 0 Å². The summed E-state index contributed by atoms with van der Waals surface area (Å²) in [4.78, 5) is 2.31. The van der Waals surface area contributed by atoms with Gasteiger partial charge in [0.05, 0.1) is 18.4 Å². The maximum absolute atomic E-state index is 9.85. The van der Waals surface area contributed by atoms with Crippen molar-refractivity contribution in [2.24, 2.45) is 11.1 Å². The third kappa shape index (κ3) is 3.42. The van der Waals surface area contributed by atoms with Gasteiger partial charge in [0.1, 0.15) is 0 Å². The number of hydrogen-bond donors (Lipinski definition) is 1. The minimum absolute atomic E-state index is 0.0602. The van der Waals surface area contributed by atoms with Gasteiger partial charge in [0.25, 0.3) is 0 Å². The van der Waals surface area contributed by atoms with Crippen LogP contribution in [0.1, 0.15) is 50.3 Å². The van der Waals surface area contributed by atoms with Crippen LogP contribution in [0.3, 0.4) is 0 Å². The molecule has 1 N–H and O–H groups in total. The lowest BCUT2D eigenvalue weighted by atomic mass is 9.80. The summed E-state index contributed by atoms with van der Waals surface area (Å²) in [7, 11) is 3.78. The van der Waals surface area contributed by atoms with Crippen LogP contribution >= 0.6 is 0 Å². The van der Waals surface area contributed by atoms with Crippen molar-refractivity contribution >= 4 is 5.71 Å². The summed E-state index contributed by atoms with van der Waals surface area (Å²) in [5.74, 6) is 2.39. The van der Waals surface area contributed by atoms with Crippen molar-refractivity contribution in [2.75, 3.05) is 34.1 Å². The number of oxime groups is 1. The zero-order chi connectivity index (χ0) is 19.9. The molecule has 1 fully saturated rings. The average molecular weight is 390 g/mol. The van der Waals surface area contributed by atoms with E-state index in [-0.39, 0.29) is 24.4 Å². The van der Waals surface area contributed by atoms with Crippen LogP contribution < -0.4 is 14.2 Å². The quantitative estimate of drug-likeness (QED) is 0.483. The van der Waals surface area contributed by atoms with Crippen molar-refractivity contribution in [3.63, 3.8) is 0 Å². The lowest BCUT2D eigenvalue weighted by Gasteiger charge is -2.39. The molecule has 0 spiro atoms. The Bertz CT molecular complexity index is 777. The molecule has 154 valence electrons. The fourth-order valence-electron chi connectivity index (χ4n) is 4.79. The van der Waals surface area contributed by atoms with E-state index in [1.807, 2.05) is 0 Å². The highest BCUT2D eigenvalue weighted by molar-refractivity contribution is 5.87. The molecule has 3 aliphatic rings. The number of benzene rings is 1. The topological polar surface area (TPSA) is 72.8 Å². The molecule has 4 rings (SSSR count). The second-order valence-electron chi connectivity index (χ2n) is 8.56. The summed E-state index contributed by atoms with van der Waals surface area (Å²) in [6, 6.07) is 2.14. The van der Waals surface area contributed by atoms with Gasteiger partial charge in [0.2, 0.25) is 12.5 Å². The van der Waals surface area contributed by atoms with E-state index in [2.05, 4.69) is 37.0 Å². The molecule has 0 bridgehead atoms. The average Bonchev–Trinajstić information content (AvgIpc) is 3.13. The van der Waals surface area contributed by atoms with E-state index in [1.165, 1.54) is 5.56 Å². The van der Waals surface area contributed by atoms with E-state index in [4.69, 9.17) is 18.9 Å². The fourth-order valence-corrected chi connectivity index (χ4v) is 4.79. The Morgan fingerprint density at radius 3 is 2.93 bits per heavy atom. The summed E-state index contributed by atoms with van der Waals surface area (Å²) in [6.45, 7) is 6.03. The minimum atomic E-state index is -0.196. The van der Waals surface area contributed by atoms with Crippen molar-refractivity contribution in [3.8, 4) is 17.2 Å². The third-order valence-corrected chi connectivity index (χ3v) is 6.25. The molecule has 2 atom stereocenters. The monoisotopic (exact) mass is 390 g/mol. The Morgan fingerprint density at radius 1 is 1.39 bits per heavy atom. The highest BCUT2D eigenvalue weighted by Gasteiger charge is 2.37. The number of nitrogens with zero attached hydrogens (tertiary/aromatic N) is 2. The van der Waals surface area contributed by atoms with Crippen molar-refractivity contribution in [1.82, 2.24) is 4.90 Å². The molecule has 3 aliphatic heterocycles. The summed E-state index contributed by atoms with van der Waals surface area (Å²) < 4.78 is 22.9. The smallest absolute Gasteiger partial charge is 0.231 e. The first-order valence-electron chi connectivity index (χ1n) is 9.98. The molecule has 3 heterocycles. The maximum Gasteiger partial charge on any atom is 0.231 e. The first kappa shape index (κ1) is 19.3. The van der Waals surface area contributed by atoms with E-state index in [0.29, 0.717) is 18.8 Å². The molecule has 7 nitrogen and oxygen atoms in total. The van der Waals surface area contributed by atoms with Gasteiger partial charge >= 0.3 is 0 Å². The Morgan fingerprint density at radius 2 is 2.21 bits per heavy atom.